The van der Waals surface area contributed by atoms with Crippen molar-refractivity contribution in [1.29, 1.82) is 0 Å². The van der Waals surface area contributed by atoms with Gasteiger partial charge < -0.3 is 16.0 Å². The molecule has 1 aromatic carbocycles. The van der Waals surface area contributed by atoms with Gasteiger partial charge in [-0.2, -0.15) is 0 Å². The Balaban J connectivity index is 2.95. The number of nitrogens with zero attached hydrogens (tertiary/aromatic N) is 1. The van der Waals surface area contributed by atoms with Gasteiger partial charge in [0.05, 0.1) is 0 Å². The second-order valence-electron chi connectivity index (χ2n) is 4.63. The Labute approximate surface area is 120 Å². The second-order valence-corrected chi connectivity index (χ2v) is 5.07. The summed E-state index contributed by atoms with van der Waals surface area (Å²) in [5.41, 5.74) is 8.35. The summed E-state index contributed by atoms with van der Waals surface area (Å²) >= 11 is 5.03. The van der Waals surface area contributed by atoms with Crippen LogP contribution in [0.5, 0.6) is 0 Å². The predicted octanol–water partition coefficient (Wildman–Crippen LogP) is 1.91. The van der Waals surface area contributed by atoms with E-state index in [1.54, 1.807) is 11.9 Å². The number of hydrogen-bond donors (Lipinski definition) is 2. The van der Waals surface area contributed by atoms with Crippen molar-refractivity contribution < 1.29 is 4.79 Å². The van der Waals surface area contributed by atoms with Gasteiger partial charge in [-0.25, -0.2) is 0 Å². The van der Waals surface area contributed by atoms with E-state index >= 15 is 0 Å². The van der Waals surface area contributed by atoms with E-state index in [0.717, 1.165) is 16.8 Å². The molecule has 0 fully saturated rings. The first-order chi connectivity index (χ1) is 8.86. The molecule has 0 saturated heterocycles. The summed E-state index contributed by atoms with van der Waals surface area (Å²) in [5.74, 6) is 0.0397. The van der Waals surface area contributed by atoms with Crippen LogP contribution in [-0.4, -0.2) is 35.4 Å². The van der Waals surface area contributed by atoms with E-state index in [1.165, 1.54) is 0 Å². The van der Waals surface area contributed by atoms with Crippen molar-refractivity contribution in [2.45, 2.75) is 26.8 Å². The van der Waals surface area contributed by atoms with Crippen molar-refractivity contribution in [3.8, 4) is 0 Å². The van der Waals surface area contributed by atoms with Gasteiger partial charge in [0, 0.05) is 24.8 Å². The number of benzene rings is 1. The van der Waals surface area contributed by atoms with Crippen LogP contribution in [0.2, 0.25) is 0 Å². The van der Waals surface area contributed by atoms with Crippen molar-refractivity contribution in [3.05, 3.63) is 29.3 Å². The molecule has 0 radical (unpaired) electrons. The fraction of sp³-hybridized carbons (Fsp3) is 0.429. The first kappa shape index (κ1) is 15.4. The monoisotopic (exact) mass is 279 g/mol. The SMILES string of the molecule is CCN(C)C(=O)C(C)Nc1cc(C)ccc1C(N)=S. The Hall–Kier alpha value is -1.62. The lowest BCUT2D eigenvalue weighted by Gasteiger charge is -2.22. The number of likely N-dealkylation sites (N-methyl/N-ethyl adjacent to an activating group) is 1. The van der Waals surface area contributed by atoms with E-state index in [9.17, 15) is 4.79 Å². The molecule has 0 spiro atoms. The molecule has 0 aromatic heterocycles. The van der Waals surface area contributed by atoms with Crippen molar-refractivity contribution in [3.63, 3.8) is 0 Å². The van der Waals surface area contributed by atoms with Crippen LogP contribution in [0.4, 0.5) is 5.69 Å². The molecule has 4 nitrogen and oxygen atoms in total. The number of aryl methyl sites for hydroxylation is 1. The fourth-order valence-corrected chi connectivity index (χ4v) is 1.95. The second kappa shape index (κ2) is 6.52. The van der Waals surface area contributed by atoms with Gasteiger partial charge >= 0.3 is 0 Å². The molecular formula is C14H21N3OS. The van der Waals surface area contributed by atoms with Crippen LogP contribution >= 0.6 is 12.2 Å². The van der Waals surface area contributed by atoms with Gasteiger partial charge in [-0.1, -0.05) is 18.3 Å². The minimum atomic E-state index is -0.320. The third kappa shape index (κ3) is 3.92. The van der Waals surface area contributed by atoms with Crippen molar-refractivity contribution in [2.24, 2.45) is 5.73 Å². The molecule has 0 bridgehead atoms. The van der Waals surface area contributed by atoms with Gasteiger partial charge in [0.15, 0.2) is 0 Å². The molecule has 1 atom stereocenters. The highest BCUT2D eigenvalue weighted by Gasteiger charge is 2.17. The topological polar surface area (TPSA) is 58.4 Å². The first-order valence-corrected chi connectivity index (χ1v) is 6.69. The van der Waals surface area contributed by atoms with Gasteiger partial charge in [-0.15, -0.1) is 0 Å². The lowest BCUT2D eigenvalue weighted by atomic mass is 10.1. The summed E-state index contributed by atoms with van der Waals surface area (Å²) in [6.07, 6.45) is 0. The average Bonchev–Trinajstić information content (AvgIpc) is 2.36. The number of rotatable bonds is 5. The smallest absolute Gasteiger partial charge is 0.244 e. The van der Waals surface area contributed by atoms with E-state index in [4.69, 9.17) is 18.0 Å². The molecule has 1 amide bonds. The maximum absolute atomic E-state index is 12.0. The summed E-state index contributed by atoms with van der Waals surface area (Å²) in [5, 5.41) is 3.19. The molecule has 1 aromatic rings. The third-order valence-electron chi connectivity index (χ3n) is 3.03. The molecule has 0 heterocycles. The highest BCUT2D eigenvalue weighted by atomic mass is 32.1. The highest BCUT2D eigenvalue weighted by molar-refractivity contribution is 7.80. The summed E-state index contributed by atoms with van der Waals surface area (Å²) < 4.78 is 0. The average molecular weight is 279 g/mol. The van der Waals surface area contributed by atoms with Crippen LogP contribution in [0.25, 0.3) is 0 Å². The number of thiocarbonyl (C=S) groups is 1. The third-order valence-corrected chi connectivity index (χ3v) is 3.25. The number of hydrogen-bond acceptors (Lipinski definition) is 3. The minimum Gasteiger partial charge on any atom is -0.389 e. The number of carbonyl (C=O) groups excluding carboxylic acids is 1. The molecule has 0 saturated carbocycles. The minimum absolute atomic E-state index is 0.0397. The van der Waals surface area contributed by atoms with Crippen LogP contribution in [0.1, 0.15) is 25.0 Å². The molecular weight excluding hydrogens is 258 g/mol. The molecule has 1 rings (SSSR count). The van der Waals surface area contributed by atoms with Crippen LogP contribution in [0.3, 0.4) is 0 Å². The normalized spacial score (nSPS) is 11.8. The van der Waals surface area contributed by atoms with E-state index in [1.807, 2.05) is 39.0 Å². The molecule has 3 N–H and O–H groups in total. The molecule has 5 heteroatoms. The number of nitrogens with one attached hydrogen (secondary N) is 1. The van der Waals surface area contributed by atoms with Crippen molar-refractivity contribution in [1.82, 2.24) is 4.90 Å². The zero-order chi connectivity index (χ0) is 14.6. The molecule has 0 aliphatic rings. The number of nitrogens with two attached hydrogens (primary N) is 1. The molecule has 19 heavy (non-hydrogen) atoms. The van der Waals surface area contributed by atoms with Gasteiger partial charge in [-0.3, -0.25) is 4.79 Å². The zero-order valence-corrected chi connectivity index (χ0v) is 12.7. The largest absolute Gasteiger partial charge is 0.389 e. The Morgan fingerprint density at radius 1 is 1.53 bits per heavy atom. The highest BCUT2D eigenvalue weighted by Crippen LogP contribution is 2.19. The summed E-state index contributed by atoms with van der Waals surface area (Å²) in [6.45, 7) is 6.44. The van der Waals surface area contributed by atoms with Gasteiger partial charge in [0.25, 0.3) is 0 Å². The lowest BCUT2D eigenvalue weighted by Crippen LogP contribution is -2.39. The van der Waals surface area contributed by atoms with Gasteiger partial charge in [0.1, 0.15) is 11.0 Å². The Bertz CT molecular complexity index is 488. The number of carbonyl (C=O) groups is 1. The first-order valence-electron chi connectivity index (χ1n) is 6.28. The van der Waals surface area contributed by atoms with Crippen LogP contribution < -0.4 is 11.1 Å². The zero-order valence-electron chi connectivity index (χ0n) is 11.9. The van der Waals surface area contributed by atoms with Crippen molar-refractivity contribution >= 4 is 28.8 Å². The van der Waals surface area contributed by atoms with Crippen LogP contribution in [-0.2, 0) is 4.79 Å². The Morgan fingerprint density at radius 2 is 2.16 bits per heavy atom. The predicted molar refractivity (Wildman–Crippen MR) is 83.5 cm³/mol. The Morgan fingerprint density at radius 3 is 2.68 bits per heavy atom. The standard InChI is InChI=1S/C14H21N3OS/c1-5-17(4)14(18)10(3)16-12-8-9(2)6-7-11(12)13(15)19/h6-8,10,16H,5H2,1-4H3,(H2,15,19). The lowest BCUT2D eigenvalue weighted by molar-refractivity contribution is -0.130. The quantitative estimate of drug-likeness (QED) is 0.808. The molecule has 0 aliphatic carbocycles. The summed E-state index contributed by atoms with van der Waals surface area (Å²) in [7, 11) is 1.78. The maximum atomic E-state index is 12.0. The fourth-order valence-electron chi connectivity index (χ4n) is 1.77. The van der Waals surface area contributed by atoms with E-state index in [2.05, 4.69) is 5.32 Å². The molecule has 1 unspecified atom stereocenters. The summed E-state index contributed by atoms with van der Waals surface area (Å²) in [4.78, 5) is 14.0. The van der Waals surface area contributed by atoms with E-state index < -0.39 is 0 Å². The van der Waals surface area contributed by atoms with E-state index in [-0.39, 0.29) is 11.9 Å². The van der Waals surface area contributed by atoms with Crippen LogP contribution in [0.15, 0.2) is 18.2 Å². The van der Waals surface area contributed by atoms with E-state index in [0.29, 0.717) is 11.5 Å². The number of amides is 1. The van der Waals surface area contributed by atoms with Gasteiger partial charge in [0.2, 0.25) is 5.91 Å². The Kier molecular flexibility index (Phi) is 5.30. The van der Waals surface area contributed by atoms with Crippen molar-refractivity contribution in [2.75, 3.05) is 18.9 Å². The molecule has 104 valence electrons. The maximum Gasteiger partial charge on any atom is 0.244 e. The number of anilines is 1. The van der Waals surface area contributed by atoms with Gasteiger partial charge in [-0.05, 0) is 38.5 Å². The molecule has 0 aliphatic heterocycles. The summed E-state index contributed by atoms with van der Waals surface area (Å²) in [6, 6.07) is 5.45. The van der Waals surface area contributed by atoms with Crippen LogP contribution in [0, 0.1) is 6.92 Å².